The van der Waals surface area contributed by atoms with Crippen molar-refractivity contribution in [2.24, 2.45) is 7.05 Å². The first-order chi connectivity index (χ1) is 9.72. The fraction of sp³-hybridized carbons (Fsp3) is 0.182. The van der Waals surface area contributed by atoms with E-state index in [4.69, 9.17) is 0 Å². The van der Waals surface area contributed by atoms with Gasteiger partial charge in [0.15, 0.2) is 0 Å². The van der Waals surface area contributed by atoms with Gasteiger partial charge >= 0.3 is 0 Å². The highest BCUT2D eigenvalue weighted by Crippen LogP contribution is 2.17. The highest BCUT2D eigenvalue weighted by atomic mass is 32.2. The lowest BCUT2D eigenvalue weighted by molar-refractivity contribution is -0.113. The van der Waals surface area contributed by atoms with Gasteiger partial charge in [-0.3, -0.25) is 9.89 Å². The van der Waals surface area contributed by atoms with Crippen molar-refractivity contribution in [2.45, 2.75) is 5.16 Å². The van der Waals surface area contributed by atoms with Gasteiger partial charge in [-0.15, -0.1) is 5.10 Å². The van der Waals surface area contributed by atoms with Crippen molar-refractivity contribution >= 4 is 34.3 Å². The number of nitrogens with one attached hydrogen (secondary N) is 2. The van der Waals surface area contributed by atoms with Crippen molar-refractivity contribution in [1.29, 1.82) is 0 Å². The van der Waals surface area contributed by atoms with Gasteiger partial charge in [-0.05, 0) is 28.6 Å². The van der Waals surface area contributed by atoms with Crippen LogP contribution in [-0.2, 0) is 11.8 Å². The summed E-state index contributed by atoms with van der Waals surface area (Å²) in [6.07, 6.45) is 1.73. The molecule has 2 heterocycles. The molecule has 1 amide bonds. The molecule has 0 aliphatic carbocycles. The minimum absolute atomic E-state index is 0.114. The van der Waals surface area contributed by atoms with E-state index < -0.39 is 0 Å². The van der Waals surface area contributed by atoms with Crippen molar-refractivity contribution in [3.8, 4) is 0 Å². The average molecular weight is 289 g/mol. The summed E-state index contributed by atoms with van der Waals surface area (Å²) < 4.78 is 1.52. The molecule has 0 aliphatic rings. The molecule has 0 saturated heterocycles. The van der Waals surface area contributed by atoms with Crippen molar-refractivity contribution < 1.29 is 4.79 Å². The Bertz CT molecular complexity index is 750. The Hall–Kier alpha value is -2.42. The van der Waals surface area contributed by atoms with Gasteiger partial charge in [-0.1, -0.05) is 11.8 Å². The fourth-order valence-corrected chi connectivity index (χ4v) is 2.34. The highest BCUT2D eigenvalue weighted by molar-refractivity contribution is 7.99. The topological polar surface area (TPSA) is 101 Å². The zero-order valence-electron chi connectivity index (χ0n) is 10.6. The first-order valence-electron chi connectivity index (χ1n) is 5.80. The number of thioether (sulfide) groups is 1. The molecule has 1 aromatic carbocycles. The van der Waals surface area contributed by atoms with Crippen molar-refractivity contribution in [2.75, 3.05) is 11.1 Å². The van der Waals surface area contributed by atoms with Crippen molar-refractivity contribution in [1.82, 2.24) is 30.4 Å². The number of nitrogens with zero attached hydrogens (tertiary/aromatic N) is 5. The van der Waals surface area contributed by atoms with Crippen LogP contribution in [0.3, 0.4) is 0 Å². The molecule has 102 valence electrons. The maximum absolute atomic E-state index is 11.9. The first-order valence-corrected chi connectivity index (χ1v) is 6.79. The number of hydrogen-bond donors (Lipinski definition) is 2. The molecule has 0 radical (unpaired) electrons. The lowest BCUT2D eigenvalue weighted by atomic mass is 10.2. The Morgan fingerprint density at radius 1 is 1.50 bits per heavy atom. The number of carbonyl (C=O) groups is 1. The lowest BCUT2D eigenvalue weighted by Crippen LogP contribution is -2.14. The number of amides is 1. The van der Waals surface area contributed by atoms with Crippen LogP contribution in [0.1, 0.15) is 0 Å². The Balaban J connectivity index is 1.62. The minimum Gasteiger partial charge on any atom is -0.325 e. The molecular weight excluding hydrogens is 278 g/mol. The van der Waals surface area contributed by atoms with E-state index in [1.54, 1.807) is 13.2 Å². The summed E-state index contributed by atoms with van der Waals surface area (Å²) in [5, 5.41) is 22.2. The summed E-state index contributed by atoms with van der Waals surface area (Å²) in [7, 11) is 1.73. The van der Waals surface area contributed by atoms with Crippen LogP contribution in [0, 0.1) is 0 Å². The number of fused-ring (bicyclic) bond motifs is 1. The van der Waals surface area contributed by atoms with Crippen LogP contribution in [0.25, 0.3) is 10.9 Å². The number of rotatable bonds is 4. The molecule has 3 aromatic rings. The predicted molar refractivity (Wildman–Crippen MR) is 74.2 cm³/mol. The number of aryl methyl sites for hydroxylation is 1. The van der Waals surface area contributed by atoms with Gasteiger partial charge in [0.1, 0.15) is 0 Å². The number of aromatic amines is 1. The number of aromatic nitrogens is 6. The molecule has 0 unspecified atom stereocenters. The quantitative estimate of drug-likeness (QED) is 0.689. The summed E-state index contributed by atoms with van der Waals surface area (Å²) in [6.45, 7) is 0. The number of hydrogen-bond acceptors (Lipinski definition) is 6. The zero-order valence-corrected chi connectivity index (χ0v) is 11.4. The number of tetrazole rings is 1. The van der Waals surface area contributed by atoms with Gasteiger partial charge in [-0.2, -0.15) is 5.10 Å². The van der Waals surface area contributed by atoms with Crippen molar-refractivity contribution in [3.63, 3.8) is 0 Å². The van der Waals surface area contributed by atoms with Gasteiger partial charge < -0.3 is 5.32 Å². The lowest BCUT2D eigenvalue weighted by Gasteiger charge is -2.04. The van der Waals surface area contributed by atoms with Gasteiger partial charge in [0.05, 0.1) is 17.5 Å². The van der Waals surface area contributed by atoms with E-state index in [-0.39, 0.29) is 11.7 Å². The summed E-state index contributed by atoms with van der Waals surface area (Å²) in [4.78, 5) is 11.9. The van der Waals surface area contributed by atoms with E-state index >= 15 is 0 Å². The summed E-state index contributed by atoms with van der Waals surface area (Å²) >= 11 is 1.28. The predicted octanol–water partition coefficient (Wildman–Crippen LogP) is 0.817. The van der Waals surface area contributed by atoms with E-state index in [2.05, 4.69) is 31.0 Å². The van der Waals surface area contributed by atoms with Gasteiger partial charge in [0.2, 0.25) is 11.1 Å². The second-order valence-electron chi connectivity index (χ2n) is 4.09. The Morgan fingerprint density at radius 3 is 3.20 bits per heavy atom. The second-order valence-corrected chi connectivity index (χ2v) is 5.04. The Labute approximate surface area is 117 Å². The SMILES string of the molecule is Cn1nnnc1SCC(=O)Nc1ccc2cn[nH]c2c1. The number of carbonyl (C=O) groups excluding carboxylic acids is 1. The van der Waals surface area contributed by atoms with Gasteiger partial charge in [0.25, 0.3) is 0 Å². The monoisotopic (exact) mass is 289 g/mol. The first kappa shape index (κ1) is 12.6. The van der Waals surface area contributed by atoms with E-state index in [1.165, 1.54) is 16.4 Å². The number of anilines is 1. The summed E-state index contributed by atoms with van der Waals surface area (Å²) in [5.41, 5.74) is 1.61. The minimum atomic E-state index is -0.114. The van der Waals surface area contributed by atoms with Crippen LogP contribution >= 0.6 is 11.8 Å². The van der Waals surface area contributed by atoms with Crippen LogP contribution < -0.4 is 5.32 Å². The molecule has 8 nitrogen and oxygen atoms in total. The Kier molecular flexibility index (Phi) is 3.33. The normalized spacial score (nSPS) is 10.8. The molecule has 0 fully saturated rings. The van der Waals surface area contributed by atoms with E-state index in [0.29, 0.717) is 5.16 Å². The summed E-state index contributed by atoms with van der Waals surface area (Å²) in [5.74, 6) is 0.131. The average Bonchev–Trinajstić information content (AvgIpc) is 3.04. The number of benzene rings is 1. The van der Waals surface area contributed by atoms with Crippen LogP contribution in [0.15, 0.2) is 29.6 Å². The van der Waals surface area contributed by atoms with Crippen molar-refractivity contribution in [3.05, 3.63) is 24.4 Å². The molecule has 0 saturated carbocycles. The van der Waals surface area contributed by atoms with Crippen LogP contribution in [0.5, 0.6) is 0 Å². The van der Waals surface area contributed by atoms with E-state index in [0.717, 1.165) is 16.6 Å². The molecule has 0 spiro atoms. The molecule has 0 atom stereocenters. The fourth-order valence-electron chi connectivity index (χ4n) is 1.69. The molecule has 0 bridgehead atoms. The number of H-pyrrole nitrogens is 1. The third kappa shape index (κ3) is 2.62. The molecule has 2 N–H and O–H groups in total. The third-order valence-electron chi connectivity index (χ3n) is 2.64. The molecule has 0 aliphatic heterocycles. The maximum atomic E-state index is 11.9. The summed E-state index contributed by atoms with van der Waals surface area (Å²) in [6, 6.07) is 5.58. The molecule has 20 heavy (non-hydrogen) atoms. The smallest absolute Gasteiger partial charge is 0.234 e. The highest BCUT2D eigenvalue weighted by Gasteiger charge is 2.08. The zero-order chi connectivity index (χ0) is 13.9. The second kappa shape index (κ2) is 5.29. The van der Waals surface area contributed by atoms with Gasteiger partial charge in [-0.25, -0.2) is 4.68 Å². The molecule has 2 aromatic heterocycles. The standard InChI is InChI=1S/C11H11N7OS/c1-18-11(15-16-17-18)20-6-10(19)13-8-3-2-7-5-12-14-9(7)4-8/h2-5H,6H2,1H3,(H,12,14)(H,13,19). The molecular formula is C11H11N7OS. The third-order valence-corrected chi connectivity index (χ3v) is 3.65. The van der Waals surface area contributed by atoms with E-state index in [9.17, 15) is 4.79 Å². The largest absolute Gasteiger partial charge is 0.325 e. The molecule has 9 heteroatoms. The van der Waals surface area contributed by atoms with Crippen LogP contribution in [0.4, 0.5) is 5.69 Å². The van der Waals surface area contributed by atoms with Crippen LogP contribution in [-0.4, -0.2) is 42.1 Å². The maximum Gasteiger partial charge on any atom is 0.234 e. The molecule has 3 rings (SSSR count). The van der Waals surface area contributed by atoms with Gasteiger partial charge in [0, 0.05) is 18.1 Å². The Morgan fingerprint density at radius 2 is 2.40 bits per heavy atom. The van der Waals surface area contributed by atoms with E-state index in [1.807, 2.05) is 18.2 Å². The van der Waals surface area contributed by atoms with Crippen LogP contribution in [0.2, 0.25) is 0 Å².